The fraction of sp³-hybridized carbons (Fsp3) is 0.500. The monoisotopic (exact) mass is 887 g/mol. The lowest BCUT2D eigenvalue weighted by atomic mass is 10.1. The number of nitrogens with zero attached hydrogens (tertiary/aromatic N) is 3. The number of aliphatic carboxylic acids is 2. The number of esters is 1. The lowest BCUT2D eigenvalue weighted by molar-refractivity contribution is -0.145. The number of hydrogen-bond acceptors (Lipinski definition) is 14. The van der Waals surface area contributed by atoms with Crippen molar-refractivity contribution in [1.29, 1.82) is 0 Å². The molecular weight excluding hydrogens is 823 g/mol. The third-order valence-corrected chi connectivity index (χ3v) is 8.78. The number of carbonyl (C=O) groups excluding carboxylic acids is 4. The molecule has 3 amide bonds. The van der Waals surface area contributed by atoms with Crippen LogP contribution in [0.1, 0.15) is 64.4 Å². The number of carboxylic acids is 2. The number of aliphatic hydroxyl groups excluding tert-OH is 1. The Hall–Kier alpha value is -6.18. The predicted molar refractivity (Wildman–Crippen MR) is 237 cm³/mol. The van der Waals surface area contributed by atoms with Crippen LogP contribution in [-0.2, 0) is 23.9 Å². The van der Waals surface area contributed by atoms with Crippen molar-refractivity contribution >= 4 is 47.4 Å². The molecule has 350 valence electrons. The number of Topliss-reactive ketones (excluding diaryl/α,β-unsaturated/α-hetero) is 1. The Balaban J connectivity index is 0.000000537. The Kier molecular flexibility index (Phi) is 24.7. The molecule has 2 aromatic carbocycles. The second kappa shape index (κ2) is 28.4. The maximum absolute atomic E-state index is 12.5. The van der Waals surface area contributed by atoms with E-state index >= 15 is 0 Å². The van der Waals surface area contributed by atoms with Gasteiger partial charge in [-0.05, 0) is 90.4 Å². The van der Waals surface area contributed by atoms with Crippen LogP contribution in [0.4, 0.5) is 10.5 Å². The molecule has 19 nitrogen and oxygen atoms in total. The van der Waals surface area contributed by atoms with Crippen molar-refractivity contribution in [2.24, 2.45) is 0 Å². The zero-order valence-corrected chi connectivity index (χ0v) is 38.0. The highest BCUT2D eigenvalue weighted by atomic mass is 16.5. The molecule has 0 spiro atoms. The first kappa shape index (κ1) is 54.8. The minimum atomic E-state index is -1.26. The topological polar surface area (TPSA) is 243 Å². The molecule has 1 fully saturated rings. The number of ether oxygens (including phenoxy) is 5. The number of carboxylic acid groups (broad SMARTS) is 2. The summed E-state index contributed by atoms with van der Waals surface area (Å²) in [4.78, 5) is 72.7. The van der Waals surface area contributed by atoms with E-state index in [4.69, 9.17) is 33.9 Å². The standard InChI is InChI=1S/C20H33N3O4.C20H28N2O6.C4H4O4/c1-7-23(8-2)19(26)22-15-9-10-18(17(11-15)14(3)24)27-13-16(25)12-21-20(4,5)6;1-5-28-19(24)14-21-8-10-22(11-9-21)18(23)7-6-15-12-16(25-2)20(27-4)17(13-15)26-3;5-3(6)1-2-4(7)8/h9-11,16,21,25H,7-8,12-13H2,1-6H3,(H,22,26);6-7,12-13H,5,8-11,14H2,1-4H3;1-2H,(H,5,6)(H,7,8)/b;7-6-;2-1-. The molecule has 0 bridgehead atoms. The van der Waals surface area contributed by atoms with Gasteiger partial charge in [-0.1, -0.05) is 0 Å². The molecule has 1 atom stereocenters. The van der Waals surface area contributed by atoms with E-state index in [0.717, 1.165) is 5.56 Å². The number of nitrogens with one attached hydrogen (secondary N) is 2. The van der Waals surface area contributed by atoms with Gasteiger partial charge in [0.2, 0.25) is 11.7 Å². The van der Waals surface area contributed by atoms with Crippen molar-refractivity contribution in [1.82, 2.24) is 20.0 Å². The van der Waals surface area contributed by atoms with Gasteiger partial charge in [0.25, 0.3) is 0 Å². The quantitative estimate of drug-likeness (QED) is 0.0760. The Labute approximate surface area is 369 Å². The summed E-state index contributed by atoms with van der Waals surface area (Å²) in [5.74, 6) is -1.05. The average molecular weight is 888 g/mol. The summed E-state index contributed by atoms with van der Waals surface area (Å²) >= 11 is 0. The second-order valence-electron chi connectivity index (χ2n) is 14.7. The number of rotatable bonds is 19. The van der Waals surface area contributed by atoms with Crippen LogP contribution in [0, 0.1) is 0 Å². The van der Waals surface area contributed by atoms with Gasteiger partial charge in [-0.15, -0.1) is 0 Å². The van der Waals surface area contributed by atoms with E-state index in [1.54, 1.807) is 74.5 Å². The molecule has 1 saturated heterocycles. The van der Waals surface area contributed by atoms with Crippen LogP contribution < -0.4 is 29.6 Å². The Morgan fingerprint density at radius 3 is 1.86 bits per heavy atom. The number of piperazine rings is 1. The van der Waals surface area contributed by atoms with Crippen molar-refractivity contribution in [3.8, 4) is 23.0 Å². The van der Waals surface area contributed by atoms with Crippen LogP contribution >= 0.6 is 0 Å². The van der Waals surface area contributed by atoms with Crippen molar-refractivity contribution in [2.45, 2.75) is 60.1 Å². The first-order valence-electron chi connectivity index (χ1n) is 20.3. The molecule has 19 heteroatoms. The van der Waals surface area contributed by atoms with Gasteiger partial charge < -0.3 is 59.4 Å². The number of β-amino-alcohol motifs (C(OH)–C–C–N with tert-alkyl or cyclic N) is 1. The van der Waals surface area contributed by atoms with Gasteiger partial charge >= 0.3 is 23.9 Å². The Bertz CT molecular complexity index is 1820. The predicted octanol–water partition coefficient (Wildman–Crippen LogP) is 4.04. The largest absolute Gasteiger partial charge is 0.493 e. The summed E-state index contributed by atoms with van der Waals surface area (Å²) in [6.45, 7) is 17.8. The van der Waals surface area contributed by atoms with Crippen LogP contribution in [0.2, 0.25) is 0 Å². The molecule has 0 radical (unpaired) electrons. The van der Waals surface area contributed by atoms with E-state index in [0.29, 0.717) is 98.8 Å². The minimum Gasteiger partial charge on any atom is -0.493 e. The van der Waals surface area contributed by atoms with Crippen molar-refractivity contribution in [2.75, 3.05) is 92.2 Å². The summed E-state index contributed by atoms with van der Waals surface area (Å²) < 4.78 is 26.6. The number of methoxy groups -OCH3 is 3. The Morgan fingerprint density at radius 1 is 0.825 bits per heavy atom. The van der Waals surface area contributed by atoms with Crippen molar-refractivity contribution < 1.29 is 67.8 Å². The molecule has 1 aliphatic rings. The van der Waals surface area contributed by atoms with Crippen LogP contribution in [0.25, 0.3) is 6.08 Å². The van der Waals surface area contributed by atoms with Gasteiger partial charge in [0.15, 0.2) is 17.3 Å². The zero-order chi connectivity index (χ0) is 47.7. The normalized spacial score (nSPS) is 13.1. The third-order valence-electron chi connectivity index (χ3n) is 8.78. The molecule has 63 heavy (non-hydrogen) atoms. The molecule has 1 unspecified atom stereocenters. The van der Waals surface area contributed by atoms with Crippen molar-refractivity contribution in [3.63, 3.8) is 0 Å². The van der Waals surface area contributed by atoms with Crippen molar-refractivity contribution in [3.05, 3.63) is 59.7 Å². The summed E-state index contributed by atoms with van der Waals surface area (Å²) in [6.07, 6.45) is 3.66. The number of ketones is 1. The minimum absolute atomic E-state index is 0.0640. The molecular formula is C44H65N5O14. The highest BCUT2D eigenvalue weighted by molar-refractivity contribution is 5.99. The van der Waals surface area contributed by atoms with Gasteiger partial charge in [0, 0.05) is 75.3 Å². The average Bonchev–Trinajstić information content (AvgIpc) is 3.24. The van der Waals surface area contributed by atoms with E-state index in [1.807, 2.05) is 39.5 Å². The van der Waals surface area contributed by atoms with Crippen LogP contribution in [-0.4, -0.2) is 164 Å². The van der Waals surface area contributed by atoms with E-state index < -0.39 is 18.0 Å². The molecule has 3 rings (SSSR count). The lowest BCUT2D eigenvalue weighted by Gasteiger charge is -2.33. The number of urea groups is 1. The van der Waals surface area contributed by atoms with Gasteiger partial charge in [-0.2, -0.15) is 0 Å². The maximum Gasteiger partial charge on any atom is 0.328 e. The maximum atomic E-state index is 12.5. The summed E-state index contributed by atoms with van der Waals surface area (Å²) in [6, 6.07) is 8.26. The molecule has 0 aliphatic carbocycles. The van der Waals surface area contributed by atoms with Crippen LogP contribution in [0.5, 0.6) is 23.0 Å². The third kappa shape index (κ3) is 21.5. The second-order valence-corrected chi connectivity index (χ2v) is 14.7. The smallest absolute Gasteiger partial charge is 0.328 e. The zero-order valence-electron chi connectivity index (χ0n) is 38.0. The molecule has 2 aromatic rings. The summed E-state index contributed by atoms with van der Waals surface area (Å²) in [5, 5.41) is 31.7. The van der Waals surface area contributed by atoms with Gasteiger partial charge in [-0.3, -0.25) is 19.3 Å². The van der Waals surface area contributed by atoms with E-state index in [9.17, 15) is 33.9 Å². The SMILES string of the molecule is CCN(CC)C(=O)Nc1ccc(OCC(O)CNC(C)(C)C)c(C(C)=O)c1.CCOC(=O)CN1CCN(C(=O)/C=C\c2cc(OC)c(OC)c(OC)c2)CC1.O=C(O)/C=C\C(=O)O. The van der Waals surface area contributed by atoms with Gasteiger partial charge in [-0.25, -0.2) is 14.4 Å². The highest BCUT2D eigenvalue weighted by Crippen LogP contribution is 2.38. The van der Waals surface area contributed by atoms with E-state index in [-0.39, 0.29) is 42.4 Å². The van der Waals surface area contributed by atoms with E-state index in [2.05, 4.69) is 10.6 Å². The number of hydrogen-bond donors (Lipinski definition) is 5. The molecule has 0 saturated carbocycles. The fourth-order valence-corrected chi connectivity index (χ4v) is 5.52. The molecule has 1 aliphatic heterocycles. The van der Waals surface area contributed by atoms with E-state index in [1.165, 1.54) is 13.0 Å². The summed E-state index contributed by atoms with van der Waals surface area (Å²) in [7, 11) is 4.64. The number of anilines is 1. The molecule has 1 heterocycles. The summed E-state index contributed by atoms with van der Waals surface area (Å²) in [5.41, 5.74) is 1.56. The first-order chi connectivity index (χ1) is 29.7. The number of benzene rings is 2. The number of carbonyl (C=O) groups is 6. The lowest BCUT2D eigenvalue weighted by Crippen LogP contribution is -2.49. The first-order valence-corrected chi connectivity index (χ1v) is 20.3. The van der Waals surface area contributed by atoms with Gasteiger partial charge in [0.1, 0.15) is 18.5 Å². The van der Waals surface area contributed by atoms with Crippen LogP contribution in [0.3, 0.4) is 0 Å². The Morgan fingerprint density at radius 2 is 1.40 bits per heavy atom. The number of aliphatic hydroxyl groups is 1. The highest BCUT2D eigenvalue weighted by Gasteiger charge is 2.22. The molecule has 0 aromatic heterocycles. The van der Waals surface area contributed by atoms with Gasteiger partial charge in [0.05, 0.1) is 40.0 Å². The van der Waals surface area contributed by atoms with Crippen LogP contribution in [0.15, 0.2) is 48.6 Å². The fourth-order valence-electron chi connectivity index (χ4n) is 5.52. The molecule has 5 N–H and O–H groups in total. The number of amides is 3.